The molecule has 0 aliphatic rings. The van der Waals surface area contributed by atoms with Gasteiger partial charge in [0.2, 0.25) is 0 Å². The molecule has 2 rings (SSSR count). The number of rotatable bonds is 3. The summed E-state index contributed by atoms with van der Waals surface area (Å²) in [6.07, 6.45) is 0. The normalized spacial score (nSPS) is 10.6. The van der Waals surface area contributed by atoms with Crippen molar-refractivity contribution in [3.05, 3.63) is 50.8 Å². The summed E-state index contributed by atoms with van der Waals surface area (Å²) < 4.78 is 6.49. The van der Waals surface area contributed by atoms with Gasteiger partial charge < -0.3 is 9.73 Å². The maximum Gasteiger partial charge on any atom is 0.123 e. The number of hydrogen-bond acceptors (Lipinski definition) is 2. The van der Waals surface area contributed by atoms with Gasteiger partial charge in [-0.2, -0.15) is 0 Å². The lowest BCUT2D eigenvalue weighted by Gasteiger charge is -2.09. The minimum atomic E-state index is 0.645. The molecule has 90 valence electrons. The average molecular weight is 315 g/mol. The third kappa shape index (κ3) is 3.05. The van der Waals surface area contributed by atoms with Gasteiger partial charge in [0, 0.05) is 9.50 Å². The zero-order valence-electron chi connectivity index (χ0n) is 9.68. The fourth-order valence-electron chi connectivity index (χ4n) is 1.54. The molecule has 0 atom stereocenters. The Morgan fingerprint density at radius 3 is 2.71 bits per heavy atom. The summed E-state index contributed by atoms with van der Waals surface area (Å²) in [6, 6.07) is 7.83. The number of hydrogen-bond donors (Lipinski definition) is 1. The molecule has 0 aliphatic heterocycles. The Labute approximate surface area is 114 Å². The maximum atomic E-state index is 6.09. The molecular weight excluding hydrogens is 302 g/mol. The predicted octanol–water partition coefficient (Wildman–Crippen LogP) is 4.92. The number of aryl methyl sites for hydroxylation is 2. The highest BCUT2D eigenvalue weighted by Crippen LogP contribution is 2.29. The van der Waals surface area contributed by atoms with Crippen LogP contribution in [0.4, 0.5) is 5.69 Å². The summed E-state index contributed by atoms with van der Waals surface area (Å²) in [5.41, 5.74) is 2.02. The molecule has 0 aliphatic carbocycles. The Morgan fingerprint density at radius 1 is 1.29 bits per heavy atom. The van der Waals surface area contributed by atoms with E-state index in [1.54, 1.807) is 0 Å². The van der Waals surface area contributed by atoms with Gasteiger partial charge in [-0.05, 0) is 59.6 Å². The van der Waals surface area contributed by atoms with Gasteiger partial charge in [-0.25, -0.2) is 0 Å². The van der Waals surface area contributed by atoms with Crippen LogP contribution in [-0.4, -0.2) is 0 Å². The molecule has 0 spiro atoms. The van der Waals surface area contributed by atoms with Crippen molar-refractivity contribution < 1.29 is 4.42 Å². The second kappa shape index (κ2) is 5.15. The highest BCUT2D eigenvalue weighted by atomic mass is 79.9. The third-order valence-electron chi connectivity index (χ3n) is 2.50. The van der Waals surface area contributed by atoms with Gasteiger partial charge in [-0.1, -0.05) is 11.6 Å². The van der Waals surface area contributed by atoms with Crippen molar-refractivity contribution in [2.45, 2.75) is 20.4 Å². The Hall–Kier alpha value is -0.930. The molecule has 0 saturated heterocycles. The molecule has 0 radical (unpaired) electrons. The van der Waals surface area contributed by atoms with E-state index < -0.39 is 0 Å². The van der Waals surface area contributed by atoms with Gasteiger partial charge in [0.1, 0.15) is 11.5 Å². The van der Waals surface area contributed by atoms with E-state index in [1.165, 1.54) is 0 Å². The van der Waals surface area contributed by atoms with E-state index in [0.717, 1.165) is 32.3 Å². The molecule has 0 unspecified atom stereocenters. The van der Waals surface area contributed by atoms with E-state index >= 15 is 0 Å². The highest BCUT2D eigenvalue weighted by Gasteiger charge is 2.05. The van der Waals surface area contributed by atoms with Crippen LogP contribution in [0.25, 0.3) is 0 Å². The zero-order chi connectivity index (χ0) is 12.4. The minimum Gasteiger partial charge on any atom is -0.465 e. The fourth-order valence-corrected chi connectivity index (χ4v) is 2.31. The van der Waals surface area contributed by atoms with Crippen LogP contribution in [0, 0.1) is 13.8 Å². The molecule has 4 heteroatoms. The molecule has 0 saturated carbocycles. The number of halogens is 2. The summed E-state index contributed by atoms with van der Waals surface area (Å²) in [4.78, 5) is 0. The zero-order valence-corrected chi connectivity index (χ0v) is 12.0. The van der Waals surface area contributed by atoms with Gasteiger partial charge in [-0.15, -0.1) is 0 Å². The maximum absolute atomic E-state index is 6.09. The van der Waals surface area contributed by atoms with Crippen molar-refractivity contribution >= 4 is 33.2 Å². The van der Waals surface area contributed by atoms with Crippen LogP contribution in [0.5, 0.6) is 0 Å². The number of furan rings is 1. The molecule has 17 heavy (non-hydrogen) atoms. The molecule has 1 heterocycles. The van der Waals surface area contributed by atoms with Crippen molar-refractivity contribution in [1.82, 2.24) is 0 Å². The molecular formula is C13H13BrClNO. The lowest BCUT2D eigenvalue weighted by molar-refractivity contribution is 0.490. The second-order valence-electron chi connectivity index (χ2n) is 3.95. The Balaban J connectivity index is 2.11. The predicted molar refractivity (Wildman–Crippen MR) is 74.7 cm³/mol. The molecule has 0 bridgehead atoms. The summed E-state index contributed by atoms with van der Waals surface area (Å²) in [5.74, 6) is 1.83. The summed E-state index contributed by atoms with van der Waals surface area (Å²) in [5, 5.41) is 4.04. The van der Waals surface area contributed by atoms with Crippen molar-refractivity contribution in [3.8, 4) is 0 Å². The Morgan fingerprint density at radius 2 is 2.06 bits per heavy atom. The Bertz CT molecular complexity index is 536. The van der Waals surface area contributed by atoms with E-state index in [-0.39, 0.29) is 0 Å². The molecule has 0 amide bonds. The first-order chi connectivity index (χ1) is 8.06. The Kier molecular flexibility index (Phi) is 3.79. The van der Waals surface area contributed by atoms with Crippen molar-refractivity contribution in [2.24, 2.45) is 0 Å². The first-order valence-corrected chi connectivity index (χ1v) is 6.48. The van der Waals surface area contributed by atoms with Gasteiger partial charge >= 0.3 is 0 Å². The van der Waals surface area contributed by atoms with Gasteiger partial charge in [0.25, 0.3) is 0 Å². The lowest BCUT2D eigenvalue weighted by atomic mass is 10.2. The first kappa shape index (κ1) is 12.5. The van der Waals surface area contributed by atoms with Crippen LogP contribution < -0.4 is 5.32 Å². The van der Waals surface area contributed by atoms with Gasteiger partial charge in [0.05, 0.1) is 12.2 Å². The third-order valence-corrected chi connectivity index (χ3v) is 3.56. The highest BCUT2D eigenvalue weighted by molar-refractivity contribution is 9.10. The number of nitrogens with one attached hydrogen (secondary N) is 1. The molecule has 0 fully saturated rings. The van der Waals surface area contributed by atoms with E-state index in [4.69, 9.17) is 16.0 Å². The van der Waals surface area contributed by atoms with E-state index in [1.807, 2.05) is 38.1 Å². The SMILES string of the molecule is Cc1ccc(CNc2cc(Cl)c(C)cc2Br)o1. The van der Waals surface area contributed by atoms with Gasteiger partial charge in [-0.3, -0.25) is 0 Å². The largest absolute Gasteiger partial charge is 0.465 e. The van der Waals surface area contributed by atoms with E-state index in [0.29, 0.717) is 6.54 Å². The van der Waals surface area contributed by atoms with E-state index in [9.17, 15) is 0 Å². The number of anilines is 1. The van der Waals surface area contributed by atoms with Crippen LogP contribution in [0.1, 0.15) is 17.1 Å². The summed E-state index contributed by atoms with van der Waals surface area (Å²) >= 11 is 9.60. The smallest absolute Gasteiger partial charge is 0.123 e. The molecule has 2 aromatic rings. The molecule has 2 nitrogen and oxygen atoms in total. The lowest BCUT2D eigenvalue weighted by Crippen LogP contribution is -1.99. The fraction of sp³-hybridized carbons (Fsp3) is 0.231. The second-order valence-corrected chi connectivity index (χ2v) is 5.21. The minimum absolute atomic E-state index is 0.645. The molecule has 1 aromatic carbocycles. The van der Waals surface area contributed by atoms with E-state index in [2.05, 4.69) is 21.2 Å². The van der Waals surface area contributed by atoms with Crippen LogP contribution in [0.2, 0.25) is 5.02 Å². The monoisotopic (exact) mass is 313 g/mol. The van der Waals surface area contributed by atoms with Crippen molar-refractivity contribution in [1.29, 1.82) is 0 Å². The van der Waals surface area contributed by atoms with Crippen LogP contribution in [0.15, 0.2) is 33.2 Å². The van der Waals surface area contributed by atoms with Crippen LogP contribution >= 0.6 is 27.5 Å². The quantitative estimate of drug-likeness (QED) is 0.869. The molecule has 1 N–H and O–H groups in total. The topological polar surface area (TPSA) is 25.2 Å². The summed E-state index contributed by atoms with van der Waals surface area (Å²) in [7, 11) is 0. The van der Waals surface area contributed by atoms with Crippen molar-refractivity contribution in [3.63, 3.8) is 0 Å². The van der Waals surface area contributed by atoms with Crippen LogP contribution in [-0.2, 0) is 6.54 Å². The standard InChI is InChI=1S/C13H13BrClNO/c1-8-5-11(14)13(6-12(8)15)16-7-10-4-3-9(2)17-10/h3-6,16H,7H2,1-2H3. The van der Waals surface area contributed by atoms with Crippen LogP contribution in [0.3, 0.4) is 0 Å². The van der Waals surface area contributed by atoms with Gasteiger partial charge in [0.15, 0.2) is 0 Å². The molecule has 1 aromatic heterocycles. The van der Waals surface area contributed by atoms with Crippen molar-refractivity contribution in [2.75, 3.05) is 5.32 Å². The average Bonchev–Trinajstić information content (AvgIpc) is 2.68. The number of benzene rings is 1. The summed E-state index contributed by atoms with van der Waals surface area (Å²) in [6.45, 7) is 4.56. The first-order valence-electron chi connectivity index (χ1n) is 5.31.